The normalized spacial score (nSPS) is 22.8. The van der Waals surface area contributed by atoms with Crippen LogP contribution < -0.4 is 4.74 Å². The Morgan fingerprint density at radius 2 is 2.18 bits per heavy atom. The van der Waals surface area contributed by atoms with Gasteiger partial charge in [0.25, 0.3) is 0 Å². The number of carbonyl (C=O) groups excluding carboxylic acids is 1. The minimum Gasteiger partial charge on any atom is -0.489 e. The number of halogens is 2. The van der Waals surface area contributed by atoms with Gasteiger partial charge in [-0.25, -0.2) is 4.39 Å². The molecule has 1 aromatic rings. The van der Waals surface area contributed by atoms with Crippen LogP contribution in [0.4, 0.5) is 4.39 Å². The van der Waals surface area contributed by atoms with Gasteiger partial charge in [-0.1, -0.05) is 11.6 Å². The van der Waals surface area contributed by atoms with Crippen molar-refractivity contribution in [3.63, 3.8) is 0 Å². The SMILES string of the molecule is COC(=O)C1CC(Oc2cc(F)ccc2Cl)C1. The Bertz CT molecular complexity index is 430. The van der Waals surface area contributed by atoms with Crippen LogP contribution in [-0.2, 0) is 9.53 Å². The third kappa shape index (κ3) is 2.69. The summed E-state index contributed by atoms with van der Waals surface area (Å²) in [6.45, 7) is 0. The zero-order chi connectivity index (χ0) is 12.4. The van der Waals surface area contributed by atoms with E-state index in [0.717, 1.165) is 0 Å². The average molecular weight is 259 g/mol. The lowest BCUT2D eigenvalue weighted by Crippen LogP contribution is -2.38. The van der Waals surface area contributed by atoms with E-state index < -0.39 is 5.82 Å². The Hall–Kier alpha value is -1.29. The van der Waals surface area contributed by atoms with Gasteiger partial charge in [0, 0.05) is 6.07 Å². The highest BCUT2D eigenvalue weighted by Crippen LogP contribution is 2.34. The molecule has 1 aliphatic rings. The smallest absolute Gasteiger partial charge is 0.308 e. The number of esters is 1. The van der Waals surface area contributed by atoms with Crippen molar-refractivity contribution in [1.82, 2.24) is 0 Å². The summed E-state index contributed by atoms with van der Waals surface area (Å²) >= 11 is 5.86. The fourth-order valence-electron chi connectivity index (χ4n) is 1.77. The number of methoxy groups -OCH3 is 1. The minimum atomic E-state index is -0.395. The predicted octanol–water partition coefficient (Wildman–Crippen LogP) is 2.81. The van der Waals surface area contributed by atoms with Gasteiger partial charge in [0.2, 0.25) is 0 Å². The molecule has 0 aromatic heterocycles. The van der Waals surface area contributed by atoms with Gasteiger partial charge in [0.05, 0.1) is 18.1 Å². The van der Waals surface area contributed by atoms with Crippen LogP contribution in [0.25, 0.3) is 0 Å². The number of hydrogen-bond donors (Lipinski definition) is 0. The van der Waals surface area contributed by atoms with Crippen LogP contribution in [0, 0.1) is 11.7 Å². The van der Waals surface area contributed by atoms with E-state index in [4.69, 9.17) is 16.3 Å². The van der Waals surface area contributed by atoms with Crippen molar-refractivity contribution >= 4 is 17.6 Å². The van der Waals surface area contributed by atoms with Crippen LogP contribution in [0.3, 0.4) is 0 Å². The van der Waals surface area contributed by atoms with Gasteiger partial charge in [-0.2, -0.15) is 0 Å². The highest BCUT2D eigenvalue weighted by molar-refractivity contribution is 6.32. The van der Waals surface area contributed by atoms with Gasteiger partial charge in [-0.15, -0.1) is 0 Å². The first-order chi connectivity index (χ1) is 8.10. The zero-order valence-corrected chi connectivity index (χ0v) is 10.0. The molecule has 92 valence electrons. The van der Waals surface area contributed by atoms with E-state index in [0.29, 0.717) is 23.6 Å². The first kappa shape index (κ1) is 12.2. The first-order valence-electron chi connectivity index (χ1n) is 5.29. The van der Waals surface area contributed by atoms with E-state index in [1.807, 2.05) is 0 Å². The minimum absolute atomic E-state index is 0.0987. The molecule has 1 aromatic carbocycles. The molecular formula is C12H12ClFO3. The van der Waals surface area contributed by atoms with Crippen LogP contribution in [-0.4, -0.2) is 19.2 Å². The van der Waals surface area contributed by atoms with Crippen molar-refractivity contribution in [3.8, 4) is 5.75 Å². The van der Waals surface area contributed by atoms with Crippen LogP contribution in [0.5, 0.6) is 5.75 Å². The van der Waals surface area contributed by atoms with Crippen LogP contribution in [0.2, 0.25) is 5.02 Å². The summed E-state index contributed by atoms with van der Waals surface area (Å²) < 4.78 is 23.1. The standard InChI is InChI=1S/C12H12ClFO3/c1-16-12(15)7-4-9(5-7)17-11-6-8(14)2-3-10(11)13/h2-3,6-7,9H,4-5H2,1H3. The number of hydrogen-bond acceptors (Lipinski definition) is 3. The first-order valence-corrected chi connectivity index (χ1v) is 5.67. The van der Waals surface area contributed by atoms with Crippen molar-refractivity contribution < 1.29 is 18.7 Å². The molecule has 5 heteroatoms. The second-order valence-corrected chi connectivity index (χ2v) is 4.41. The zero-order valence-electron chi connectivity index (χ0n) is 9.28. The molecule has 0 unspecified atom stereocenters. The highest BCUT2D eigenvalue weighted by atomic mass is 35.5. The molecule has 1 aliphatic carbocycles. The molecule has 0 N–H and O–H groups in total. The molecule has 0 radical (unpaired) electrons. The summed E-state index contributed by atoms with van der Waals surface area (Å²) in [7, 11) is 1.36. The number of rotatable bonds is 3. The average Bonchev–Trinajstić information content (AvgIpc) is 2.26. The third-order valence-electron chi connectivity index (χ3n) is 2.82. The second-order valence-electron chi connectivity index (χ2n) is 4.01. The van der Waals surface area contributed by atoms with E-state index in [1.54, 1.807) is 0 Å². The van der Waals surface area contributed by atoms with Crippen molar-refractivity contribution in [2.75, 3.05) is 7.11 Å². The maximum atomic E-state index is 13.0. The number of benzene rings is 1. The molecular weight excluding hydrogens is 247 g/mol. The fraction of sp³-hybridized carbons (Fsp3) is 0.417. The van der Waals surface area contributed by atoms with E-state index >= 15 is 0 Å². The topological polar surface area (TPSA) is 35.5 Å². The molecule has 1 saturated carbocycles. The molecule has 0 spiro atoms. The van der Waals surface area contributed by atoms with E-state index in [2.05, 4.69) is 4.74 Å². The number of carbonyl (C=O) groups is 1. The molecule has 0 amide bonds. The van der Waals surface area contributed by atoms with Crippen LogP contribution in [0.1, 0.15) is 12.8 Å². The summed E-state index contributed by atoms with van der Waals surface area (Å²) in [5.74, 6) is -0.416. The summed E-state index contributed by atoms with van der Waals surface area (Å²) in [6.07, 6.45) is 1.07. The summed E-state index contributed by atoms with van der Waals surface area (Å²) in [4.78, 5) is 11.1. The quantitative estimate of drug-likeness (QED) is 0.782. The maximum Gasteiger partial charge on any atom is 0.308 e. The van der Waals surface area contributed by atoms with Gasteiger partial charge in [0.1, 0.15) is 17.7 Å². The lowest BCUT2D eigenvalue weighted by atomic mass is 9.82. The Morgan fingerprint density at radius 3 is 2.82 bits per heavy atom. The van der Waals surface area contributed by atoms with Crippen molar-refractivity contribution in [2.24, 2.45) is 5.92 Å². The lowest BCUT2D eigenvalue weighted by Gasteiger charge is -2.33. The second kappa shape index (κ2) is 4.92. The Kier molecular flexibility index (Phi) is 3.52. The highest BCUT2D eigenvalue weighted by Gasteiger charge is 2.37. The van der Waals surface area contributed by atoms with Crippen molar-refractivity contribution in [2.45, 2.75) is 18.9 Å². The van der Waals surface area contributed by atoms with E-state index in [9.17, 15) is 9.18 Å². The Labute approximate surface area is 103 Å². The summed E-state index contributed by atoms with van der Waals surface area (Å²) in [5.41, 5.74) is 0. The monoisotopic (exact) mass is 258 g/mol. The summed E-state index contributed by atoms with van der Waals surface area (Å²) in [6, 6.07) is 3.96. The molecule has 1 fully saturated rings. The van der Waals surface area contributed by atoms with Crippen LogP contribution >= 0.6 is 11.6 Å². The van der Waals surface area contributed by atoms with Gasteiger partial charge < -0.3 is 9.47 Å². The van der Waals surface area contributed by atoms with Gasteiger partial charge in [-0.05, 0) is 25.0 Å². The van der Waals surface area contributed by atoms with Gasteiger partial charge in [0.15, 0.2) is 0 Å². The Balaban J connectivity index is 1.91. The lowest BCUT2D eigenvalue weighted by molar-refractivity contribution is -0.151. The molecule has 0 aliphatic heterocycles. The number of ether oxygens (including phenoxy) is 2. The molecule has 3 nitrogen and oxygen atoms in total. The molecule has 0 saturated heterocycles. The Morgan fingerprint density at radius 1 is 1.47 bits per heavy atom. The van der Waals surface area contributed by atoms with Crippen LogP contribution in [0.15, 0.2) is 18.2 Å². The molecule has 2 rings (SSSR count). The maximum absolute atomic E-state index is 13.0. The molecule has 17 heavy (non-hydrogen) atoms. The van der Waals surface area contributed by atoms with Crippen molar-refractivity contribution in [3.05, 3.63) is 29.0 Å². The largest absolute Gasteiger partial charge is 0.489 e. The molecule has 0 heterocycles. The van der Waals surface area contributed by atoms with Gasteiger partial charge >= 0.3 is 5.97 Å². The predicted molar refractivity (Wildman–Crippen MR) is 60.6 cm³/mol. The van der Waals surface area contributed by atoms with E-state index in [1.165, 1.54) is 25.3 Å². The summed E-state index contributed by atoms with van der Waals surface area (Å²) in [5, 5.41) is 0.368. The van der Waals surface area contributed by atoms with Gasteiger partial charge in [-0.3, -0.25) is 4.79 Å². The fourth-order valence-corrected chi connectivity index (χ4v) is 1.93. The molecule has 0 atom stereocenters. The third-order valence-corrected chi connectivity index (χ3v) is 3.13. The van der Waals surface area contributed by atoms with Crippen molar-refractivity contribution in [1.29, 1.82) is 0 Å². The van der Waals surface area contributed by atoms with E-state index in [-0.39, 0.29) is 18.0 Å². The molecule has 0 bridgehead atoms.